The average Bonchev–Trinajstić information content (AvgIpc) is 2.73. The Labute approximate surface area is 171 Å². The molecule has 0 bridgehead atoms. The minimum Gasteiger partial charge on any atom is -0.497 e. The first-order chi connectivity index (χ1) is 13.7. The van der Waals surface area contributed by atoms with Crippen LogP contribution in [0.5, 0.6) is 5.75 Å². The summed E-state index contributed by atoms with van der Waals surface area (Å²) in [6.07, 6.45) is 5.13. The van der Waals surface area contributed by atoms with E-state index in [2.05, 4.69) is 53.2 Å². The van der Waals surface area contributed by atoms with E-state index >= 15 is 0 Å². The van der Waals surface area contributed by atoms with Gasteiger partial charge in [-0.2, -0.15) is 0 Å². The van der Waals surface area contributed by atoms with Gasteiger partial charge in [0.05, 0.1) is 7.11 Å². The quantitative estimate of drug-likeness (QED) is 0.599. The van der Waals surface area contributed by atoms with Crippen molar-refractivity contribution in [3.8, 4) is 5.75 Å². The van der Waals surface area contributed by atoms with Crippen molar-refractivity contribution in [1.82, 2.24) is 15.1 Å². The molecule has 1 aromatic rings. The zero-order valence-electron chi connectivity index (χ0n) is 18.0. The fraction of sp³-hybridized carbons (Fsp3) is 0.696. The van der Waals surface area contributed by atoms with Gasteiger partial charge in [-0.3, -0.25) is 9.89 Å². The molecule has 2 heterocycles. The van der Waals surface area contributed by atoms with Crippen LogP contribution in [0.25, 0.3) is 0 Å². The third-order valence-corrected chi connectivity index (χ3v) is 6.06. The molecule has 2 saturated heterocycles. The van der Waals surface area contributed by atoms with E-state index in [-0.39, 0.29) is 0 Å². The molecule has 0 spiro atoms. The lowest BCUT2D eigenvalue weighted by atomic mass is 9.96. The van der Waals surface area contributed by atoms with Crippen molar-refractivity contribution in [3.63, 3.8) is 0 Å². The van der Waals surface area contributed by atoms with Crippen LogP contribution in [0.3, 0.4) is 0 Å². The number of likely N-dealkylation sites (tertiary alicyclic amines) is 2. The van der Waals surface area contributed by atoms with Crippen molar-refractivity contribution >= 4 is 5.96 Å². The molecule has 3 rings (SSSR count). The molecule has 2 fully saturated rings. The van der Waals surface area contributed by atoms with Gasteiger partial charge in [-0.25, -0.2) is 0 Å². The summed E-state index contributed by atoms with van der Waals surface area (Å²) >= 11 is 0. The molecule has 1 N–H and O–H groups in total. The largest absolute Gasteiger partial charge is 0.497 e. The second kappa shape index (κ2) is 10.7. The normalized spacial score (nSPS) is 22.3. The van der Waals surface area contributed by atoms with Crippen LogP contribution in [0.2, 0.25) is 0 Å². The minimum atomic E-state index is 0.711. The van der Waals surface area contributed by atoms with Crippen LogP contribution in [0.15, 0.2) is 29.3 Å². The van der Waals surface area contributed by atoms with Crippen LogP contribution in [0.4, 0.5) is 0 Å². The van der Waals surface area contributed by atoms with Gasteiger partial charge in [0.2, 0.25) is 0 Å². The Morgan fingerprint density at radius 1 is 1.14 bits per heavy atom. The van der Waals surface area contributed by atoms with Gasteiger partial charge in [0.25, 0.3) is 0 Å². The van der Waals surface area contributed by atoms with Crippen molar-refractivity contribution in [2.75, 3.05) is 46.4 Å². The number of benzene rings is 1. The molecule has 156 valence electrons. The van der Waals surface area contributed by atoms with Crippen LogP contribution in [-0.2, 0) is 6.54 Å². The Morgan fingerprint density at radius 3 is 2.54 bits per heavy atom. The van der Waals surface area contributed by atoms with E-state index in [0.717, 1.165) is 50.4 Å². The summed E-state index contributed by atoms with van der Waals surface area (Å²) in [4.78, 5) is 10.1. The summed E-state index contributed by atoms with van der Waals surface area (Å²) in [5, 5.41) is 3.52. The predicted octanol–water partition coefficient (Wildman–Crippen LogP) is 3.60. The molecule has 1 unspecified atom stereocenters. The lowest BCUT2D eigenvalue weighted by Crippen LogP contribution is -2.46. The molecule has 1 aromatic carbocycles. The van der Waals surface area contributed by atoms with E-state index in [0.29, 0.717) is 5.92 Å². The summed E-state index contributed by atoms with van der Waals surface area (Å²) in [5.74, 6) is 3.55. The third kappa shape index (κ3) is 6.13. The standard InChI is InChI=1S/C23H38N4O/c1-4-24-23(27-13-5-6-19(2)17-27)25-16-20-11-14-26(15-12-20)18-21-7-9-22(28-3)10-8-21/h7-10,19-20H,4-6,11-18H2,1-3H3,(H,24,25). The Balaban J connectivity index is 1.46. The van der Waals surface area contributed by atoms with Gasteiger partial charge in [-0.05, 0) is 75.2 Å². The number of methoxy groups -OCH3 is 1. The maximum absolute atomic E-state index is 5.25. The molecule has 0 radical (unpaired) electrons. The van der Waals surface area contributed by atoms with Gasteiger partial charge < -0.3 is 15.0 Å². The molecule has 5 nitrogen and oxygen atoms in total. The zero-order chi connectivity index (χ0) is 19.8. The lowest BCUT2D eigenvalue weighted by Gasteiger charge is -2.34. The van der Waals surface area contributed by atoms with E-state index in [1.165, 1.54) is 44.3 Å². The number of nitrogens with zero attached hydrogens (tertiary/aromatic N) is 3. The molecule has 0 aromatic heterocycles. The van der Waals surface area contributed by atoms with Gasteiger partial charge in [-0.1, -0.05) is 19.1 Å². The molecular weight excluding hydrogens is 348 g/mol. The van der Waals surface area contributed by atoms with Crippen LogP contribution in [0.1, 0.15) is 45.1 Å². The highest BCUT2D eigenvalue weighted by Crippen LogP contribution is 2.21. The van der Waals surface area contributed by atoms with Crippen molar-refractivity contribution < 1.29 is 4.74 Å². The topological polar surface area (TPSA) is 40.1 Å². The van der Waals surface area contributed by atoms with Crippen molar-refractivity contribution in [3.05, 3.63) is 29.8 Å². The highest BCUT2D eigenvalue weighted by Gasteiger charge is 2.22. The number of piperidine rings is 2. The molecule has 5 heteroatoms. The summed E-state index contributed by atoms with van der Waals surface area (Å²) in [6.45, 7) is 12.1. The lowest BCUT2D eigenvalue weighted by molar-refractivity contribution is 0.180. The van der Waals surface area contributed by atoms with Gasteiger partial charge in [0, 0.05) is 32.7 Å². The predicted molar refractivity (Wildman–Crippen MR) is 117 cm³/mol. The SMILES string of the molecule is CCNC(=NCC1CCN(Cc2ccc(OC)cc2)CC1)N1CCCC(C)C1. The summed E-state index contributed by atoms with van der Waals surface area (Å²) < 4.78 is 5.25. The molecule has 1 atom stereocenters. The molecular formula is C23H38N4O. The Bertz CT molecular complexity index is 608. The van der Waals surface area contributed by atoms with Crippen LogP contribution in [-0.4, -0.2) is 62.1 Å². The number of ether oxygens (including phenoxy) is 1. The highest BCUT2D eigenvalue weighted by molar-refractivity contribution is 5.80. The van der Waals surface area contributed by atoms with Crippen LogP contribution in [0, 0.1) is 11.8 Å². The highest BCUT2D eigenvalue weighted by atomic mass is 16.5. The monoisotopic (exact) mass is 386 g/mol. The van der Waals surface area contributed by atoms with E-state index in [4.69, 9.17) is 9.73 Å². The second-order valence-electron chi connectivity index (χ2n) is 8.46. The van der Waals surface area contributed by atoms with Gasteiger partial charge in [-0.15, -0.1) is 0 Å². The second-order valence-corrected chi connectivity index (χ2v) is 8.46. The summed E-state index contributed by atoms with van der Waals surface area (Å²) in [5.41, 5.74) is 1.37. The number of nitrogens with one attached hydrogen (secondary N) is 1. The van der Waals surface area contributed by atoms with E-state index in [1.54, 1.807) is 7.11 Å². The molecule has 28 heavy (non-hydrogen) atoms. The molecule has 0 saturated carbocycles. The Hall–Kier alpha value is -1.75. The Kier molecular flexibility index (Phi) is 8.01. The van der Waals surface area contributed by atoms with E-state index in [1.807, 2.05) is 0 Å². The first-order valence-corrected chi connectivity index (χ1v) is 11.1. The molecule has 0 amide bonds. The third-order valence-electron chi connectivity index (χ3n) is 6.06. The fourth-order valence-corrected chi connectivity index (χ4v) is 4.34. The zero-order valence-corrected chi connectivity index (χ0v) is 18.0. The van der Waals surface area contributed by atoms with Crippen LogP contribution >= 0.6 is 0 Å². The molecule has 2 aliphatic rings. The first kappa shape index (κ1) is 21.0. The number of hydrogen-bond acceptors (Lipinski definition) is 3. The van der Waals surface area contributed by atoms with E-state index in [9.17, 15) is 0 Å². The minimum absolute atomic E-state index is 0.711. The number of hydrogen-bond donors (Lipinski definition) is 1. The first-order valence-electron chi connectivity index (χ1n) is 11.1. The Morgan fingerprint density at radius 2 is 1.89 bits per heavy atom. The van der Waals surface area contributed by atoms with Crippen molar-refractivity contribution in [1.29, 1.82) is 0 Å². The summed E-state index contributed by atoms with van der Waals surface area (Å²) in [7, 11) is 1.72. The molecule has 2 aliphatic heterocycles. The fourth-order valence-electron chi connectivity index (χ4n) is 4.34. The van der Waals surface area contributed by atoms with Gasteiger partial charge >= 0.3 is 0 Å². The van der Waals surface area contributed by atoms with Crippen LogP contribution < -0.4 is 10.1 Å². The molecule has 0 aliphatic carbocycles. The number of rotatable bonds is 6. The number of guanidine groups is 1. The number of aliphatic imine (C=N–C) groups is 1. The van der Waals surface area contributed by atoms with Crippen molar-refractivity contribution in [2.24, 2.45) is 16.8 Å². The average molecular weight is 387 g/mol. The smallest absolute Gasteiger partial charge is 0.193 e. The van der Waals surface area contributed by atoms with Gasteiger partial charge in [0.1, 0.15) is 5.75 Å². The van der Waals surface area contributed by atoms with Gasteiger partial charge in [0.15, 0.2) is 5.96 Å². The summed E-state index contributed by atoms with van der Waals surface area (Å²) in [6, 6.07) is 8.47. The maximum atomic E-state index is 5.25. The van der Waals surface area contributed by atoms with Crippen molar-refractivity contribution in [2.45, 2.75) is 46.1 Å². The van der Waals surface area contributed by atoms with E-state index < -0.39 is 0 Å². The maximum Gasteiger partial charge on any atom is 0.193 e.